The minimum Gasteiger partial charge on any atom is -0.464 e. The van der Waals surface area contributed by atoms with Gasteiger partial charge >= 0.3 is 6.09 Å². The van der Waals surface area contributed by atoms with Crippen LogP contribution in [0.1, 0.15) is 11.4 Å². The summed E-state index contributed by atoms with van der Waals surface area (Å²) >= 11 is 5.82. The summed E-state index contributed by atoms with van der Waals surface area (Å²) < 4.78 is 29.6. The zero-order valence-electron chi connectivity index (χ0n) is 12.8. The Balaban J connectivity index is 2.12. The SMILES string of the molecule is Cc1nc(Cl)cc(Oc2ccc(CS(=O)(=O)N(C)C(=O)O)cc2)n1. The maximum Gasteiger partial charge on any atom is 0.420 e. The minimum absolute atomic E-state index is 0.247. The van der Waals surface area contributed by atoms with E-state index in [4.69, 9.17) is 21.4 Å². The van der Waals surface area contributed by atoms with Gasteiger partial charge in [0, 0.05) is 13.1 Å². The van der Waals surface area contributed by atoms with E-state index in [9.17, 15) is 13.2 Å². The summed E-state index contributed by atoms with van der Waals surface area (Å²) in [5.41, 5.74) is 0.423. The topological polar surface area (TPSA) is 110 Å². The molecule has 0 aliphatic rings. The highest BCUT2D eigenvalue weighted by Gasteiger charge is 2.22. The van der Waals surface area contributed by atoms with Crippen molar-refractivity contribution in [1.82, 2.24) is 14.3 Å². The van der Waals surface area contributed by atoms with Gasteiger partial charge in [-0.25, -0.2) is 22.5 Å². The van der Waals surface area contributed by atoms with Crippen LogP contribution in [-0.4, -0.2) is 40.9 Å². The van der Waals surface area contributed by atoms with Crippen molar-refractivity contribution in [3.05, 3.63) is 46.9 Å². The van der Waals surface area contributed by atoms with Crippen molar-refractivity contribution in [2.24, 2.45) is 0 Å². The number of aryl methyl sites for hydroxylation is 1. The van der Waals surface area contributed by atoms with E-state index in [0.717, 1.165) is 7.05 Å². The summed E-state index contributed by atoms with van der Waals surface area (Å²) in [4.78, 5) is 18.7. The summed E-state index contributed by atoms with van der Waals surface area (Å²) in [7, 11) is -2.96. The Morgan fingerprint density at radius 3 is 2.46 bits per heavy atom. The highest BCUT2D eigenvalue weighted by Crippen LogP contribution is 2.22. The van der Waals surface area contributed by atoms with Gasteiger partial charge in [-0.3, -0.25) is 0 Å². The first-order valence-electron chi connectivity index (χ1n) is 6.65. The molecule has 24 heavy (non-hydrogen) atoms. The molecule has 8 nitrogen and oxygen atoms in total. The molecule has 0 saturated heterocycles. The highest BCUT2D eigenvalue weighted by atomic mass is 35.5. The zero-order chi connectivity index (χ0) is 17.9. The number of hydrogen-bond donors (Lipinski definition) is 1. The molecule has 0 atom stereocenters. The Morgan fingerprint density at radius 1 is 1.29 bits per heavy atom. The van der Waals surface area contributed by atoms with Crippen molar-refractivity contribution >= 4 is 27.7 Å². The molecular weight excluding hydrogens is 358 g/mol. The summed E-state index contributed by atoms with van der Waals surface area (Å²) in [6.07, 6.45) is -1.54. The minimum atomic E-state index is -3.94. The fourth-order valence-electron chi connectivity index (χ4n) is 1.76. The second kappa shape index (κ2) is 7.02. The number of amides is 1. The summed E-state index contributed by atoms with van der Waals surface area (Å²) in [5.74, 6) is 0.710. The maximum atomic E-state index is 11.9. The molecule has 1 N–H and O–H groups in total. The number of rotatable bonds is 5. The van der Waals surface area contributed by atoms with E-state index in [-0.39, 0.29) is 15.3 Å². The Kier molecular flexibility index (Phi) is 5.25. The first kappa shape index (κ1) is 18.0. The van der Waals surface area contributed by atoms with Gasteiger partial charge in [0.05, 0.1) is 5.75 Å². The number of hydrogen-bond acceptors (Lipinski definition) is 6. The molecule has 2 rings (SSSR count). The van der Waals surface area contributed by atoms with E-state index in [1.807, 2.05) is 0 Å². The molecule has 0 aliphatic carbocycles. The van der Waals surface area contributed by atoms with Crippen molar-refractivity contribution in [3.8, 4) is 11.6 Å². The molecule has 1 amide bonds. The molecule has 0 unspecified atom stereocenters. The molecule has 0 spiro atoms. The number of carboxylic acid groups (broad SMARTS) is 1. The average Bonchev–Trinajstić information content (AvgIpc) is 2.47. The third kappa shape index (κ3) is 4.56. The molecule has 0 aliphatic heterocycles. The molecule has 0 fully saturated rings. The van der Waals surface area contributed by atoms with Crippen LogP contribution in [0, 0.1) is 6.92 Å². The van der Waals surface area contributed by atoms with Gasteiger partial charge in [-0.1, -0.05) is 23.7 Å². The quantitative estimate of drug-likeness (QED) is 0.804. The van der Waals surface area contributed by atoms with Crippen LogP contribution < -0.4 is 4.74 Å². The van der Waals surface area contributed by atoms with Gasteiger partial charge in [0.15, 0.2) is 0 Å². The first-order chi connectivity index (χ1) is 11.2. The lowest BCUT2D eigenvalue weighted by molar-refractivity contribution is 0.178. The molecule has 1 aromatic carbocycles. The highest BCUT2D eigenvalue weighted by molar-refractivity contribution is 7.88. The normalized spacial score (nSPS) is 11.1. The van der Waals surface area contributed by atoms with Crippen LogP contribution in [0.4, 0.5) is 4.79 Å². The molecule has 10 heteroatoms. The predicted molar refractivity (Wildman–Crippen MR) is 86.7 cm³/mol. The van der Waals surface area contributed by atoms with E-state index in [1.54, 1.807) is 19.1 Å². The number of sulfonamides is 1. The van der Waals surface area contributed by atoms with E-state index >= 15 is 0 Å². The number of halogens is 1. The predicted octanol–water partition coefficient (Wildman–Crippen LogP) is 2.67. The molecule has 1 aromatic heterocycles. The second-order valence-corrected chi connectivity index (χ2v) is 7.22. The van der Waals surface area contributed by atoms with Gasteiger partial charge in [0.1, 0.15) is 16.7 Å². The van der Waals surface area contributed by atoms with Gasteiger partial charge in [0.25, 0.3) is 0 Å². The van der Waals surface area contributed by atoms with E-state index in [2.05, 4.69) is 9.97 Å². The number of ether oxygens (including phenoxy) is 1. The zero-order valence-corrected chi connectivity index (χ0v) is 14.4. The summed E-state index contributed by atoms with van der Waals surface area (Å²) in [5, 5.41) is 9.00. The Hall–Kier alpha value is -2.39. The smallest absolute Gasteiger partial charge is 0.420 e. The van der Waals surface area contributed by atoms with E-state index in [1.165, 1.54) is 18.2 Å². The van der Waals surface area contributed by atoms with Crippen LogP contribution in [0.2, 0.25) is 5.15 Å². The van der Waals surface area contributed by atoms with Crippen molar-refractivity contribution in [3.63, 3.8) is 0 Å². The molecule has 1 heterocycles. The molecule has 0 bridgehead atoms. The largest absolute Gasteiger partial charge is 0.464 e. The van der Waals surface area contributed by atoms with Crippen molar-refractivity contribution < 1.29 is 23.1 Å². The number of aromatic nitrogens is 2. The van der Waals surface area contributed by atoms with Crippen LogP contribution >= 0.6 is 11.6 Å². The van der Waals surface area contributed by atoms with Crippen molar-refractivity contribution in [2.45, 2.75) is 12.7 Å². The molecular formula is C14H14ClN3O5S. The third-order valence-corrected chi connectivity index (χ3v) is 4.85. The third-order valence-electron chi connectivity index (χ3n) is 2.96. The van der Waals surface area contributed by atoms with Gasteiger partial charge < -0.3 is 9.84 Å². The average molecular weight is 372 g/mol. The van der Waals surface area contributed by atoms with Crippen LogP contribution in [0.3, 0.4) is 0 Å². The van der Waals surface area contributed by atoms with Crippen LogP contribution in [0.25, 0.3) is 0 Å². The van der Waals surface area contributed by atoms with E-state index in [0.29, 0.717) is 17.1 Å². The Morgan fingerprint density at radius 2 is 1.92 bits per heavy atom. The second-order valence-electron chi connectivity index (χ2n) is 4.83. The van der Waals surface area contributed by atoms with Crippen LogP contribution in [0.15, 0.2) is 30.3 Å². The van der Waals surface area contributed by atoms with Gasteiger partial charge in [-0.2, -0.15) is 4.98 Å². The van der Waals surface area contributed by atoms with E-state index < -0.39 is 21.9 Å². The number of nitrogens with zero attached hydrogens (tertiary/aromatic N) is 3. The maximum absolute atomic E-state index is 11.9. The molecule has 128 valence electrons. The first-order valence-corrected chi connectivity index (χ1v) is 8.63. The van der Waals surface area contributed by atoms with Gasteiger partial charge in [0.2, 0.25) is 15.9 Å². The molecule has 0 saturated carbocycles. The molecule has 0 radical (unpaired) electrons. The number of benzene rings is 1. The van der Waals surface area contributed by atoms with Gasteiger partial charge in [-0.15, -0.1) is 0 Å². The van der Waals surface area contributed by atoms with Crippen LogP contribution in [-0.2, 0) is 15.8 Å². The standard InChI is InChI=1S/C14H14ClN3O5S/c1-9-16-12(15)7-13(17-9)23-11-5-3-10(4-6-11)8-24(21,22)18(2)14(19)20/h3-7H,8H2,1-2H3,(H,19,20). The summed E-state index contributed by atoms with van der Waals surface area (Å²) in [6.45, 7) is 1.67. The van der Waals surface area contributed by atoms with Crippen LogP contribution in [0.5, 0.6) is 11.6 Å². The number of carbonyl (C=O) groups is 1. The lowest BCUT2D eigenvalue weighted by Gasteiger charge is -2.13. The molecule has 2 aromatic rings. The fourth-order valence-corrected chi connectivity index (χ4v) is 3.02. The van der Waals surface area contributed by atoms with Crippen molar-refractivity contribution in [2.75, 3.05) is 7.05 Å². The monoisotopic (exact) mass is 371 g/mol. The van der Waals surface area contributed by atoms with Gasteiger partial charge in [-0.05, 0) is 24.6 Å². The lowest BCUT2D eigenvalue weighted by Crippen LogP contribution is -2.32. The lowest BCUT2D eigenvalue weighted by atomic mass is 10.2. The fraction of sp³-hybridized carbons (Fsp3) is 0.214. The van der Waals surface area contributed by atoms with Crippen molar-refractivity contribution in [1.29, 1.82) is 0 Å². The Labute approximate surface area is 143 Å². The Bertz CT molecular complexity index is 835. The summed E-state index contributed by atoms with van der Waals surface area (Å²) in [6, 6.07) is 7.61.